The smallest absolute Gasteiger partial charge is 0.0624 e. The van der Waals surface area contributed by atoms with Gasteiger partial charge in [0.05, 0.1) is 0 Å². The first-order valence-electron chi connectivity index (χ1n) is 14.0. The largest absolute Gasteiger partial charge is 0.113 e. The fourth-order valence-corrected chi connectivity index (χ4v) is 13.9. The monoisotopic (exact) mass is 450 g/mol. The quantitative estimate of drug-likeness (QED) is 0.419. The first kappa shape index (κ1) is 19.7. The predicted octanol–water partition coefficient (Wildman–Crippen LogP) is 7.79. The maximum absolute atomic E-state index is 2.64. The molecule has 1 heterocycles. The first-order valence-corrected chi connectivity index (χ1v) is 17.0. The van der Waals surface area contributed by atoms with Gasteiger partial charge in [-0.3, -0.25) is 0 Å². The SMILES string of the molecule is C[Si]1(C)C2=C(C3CCCC3)Cc3ccc1c(-c1ccc(C45CC6CC(CC(C6)C4)C5)cc1)c32. The van der Waals surface area contributed by atoms with Gasteiger partial charge in [-0.15, -0.1) is 0 Å². The number of allylic oxidation sites excluding steroid dienone is 1. The van der Waals surface area contributed by atoms with Gasteiger partial charge >= 0.3 is 0 Å². The lowest BCUT2D eigenvalue weighted by atomic mass is 9.48. The minimum Gasteiger partial charge on any atom is -0.0624 e. The van der Waals surface area contributed by atoms with Gasteiger partial charge in [-0.2, -0.15) is 0 Å². The predicted molar refractivity (Wildman–Crippen MR) is 141 cm³/mol. The molecule has 5 saturated carbocycles. The van der Waals surface area contributed by atoms with Crippen molar-refractivity contribution in [2.24, 2.45) is 23.7 Å². The molecule has 0 spiro atoms. The van der Waals surface area contributed by atoms with Crippen LogP contribution < -0.4 is 5.19 Å². The highest BCUT2D eigenvalue weighted by Gasteiger charge is 2.52. The van der Waals surface area contributed by atoms with Crippen molar-refractivity contribution in [2.75, 3.05) is 0 Å². The van der Waals surface area contributed by atoms with Crippen molar-refractivity contribution in [3.8, 4) is 11.1 Å². The standard InChI is InChI=1S/C32H38Si/c1-33(2)28-12-9-25-16-27(23-5-3-4-6-23)31(33)30(25)29(28)24-7-10-26(11-8-24)32-17-20-13-21(18-32)15-22(14-20)19-32/h7-12,20-23H,3-6,13-19H2,1-2H3. The van der Waals surface area contributed by atoms with Crippen LogP contribution >= 0.6 is 0 Å². The average Bonchev–Trinajstić information content (AvgIpc) is 3.48. The highest BCUT2D eigenvalue weighted by molar-refractivity contribution is 7.07. The number of hydrogen-bond acceptors (Lipinski definition) is 0. The molecule has 7 aliphatic rings. The second-order valence-corrected chi connectivity index (χ2v) is 17.8. The molecule has 0 aromatic heterocycles. The summed E-state index contributed by atoms with van der Waals surface area (Å²) in [4.78, 5) is 0. The van der Waals surface area contributed by atoms with Crippen molar-refractivity contribution >= 4 is 18.5 Å². The molecule has 5 fully saturated rings. The van der Waals surface area contributed by atoms with Gasteiger partial charge in [0.15, 0.2) is 0 Å². The van der Waals surface area contributed by atoms with E-state index in [0.29, 0.717) is 5.41 Å². The van der Waals surface area contributed by atoms with Gasteiger partial charge in [0.2, 0.25) is 0 Å². The summed E-state index contributed by atoms with van der Waals surface area (Å²) in [5, 5.41) is 3.58. The zero-order valence-electron chi connectivity index (χ0n) is 20.6. The fraction of sp³-hybridized carbons (Fsp3) is 0.562. The number of benzene rings is 2. The maximum Gasteiger partial charge on any atom is 0.113 e. The molecule has 0 atom stereocenters. The Morgan fingerprint density at radius 3 is 2.03 bits per heavy atom. The van der Waals surface area contributed by atoms with Gasteiger partial charge in [-0.25, -0.2) is 0 Å². The molecule has 0 amide bonds. The summed E-state index contributed by atoms with van der Waals surface area (Å²) in [7, 11) is -1.59. The highest BCUT2D eigenvalue weighted by Crippen LogP contribution is 2.61. The minimum absolute atomic E-state index is 0.518. The van der Waals surface area contributed by atoms with Crippen molar-refractivity contribution in [2.45, 2.75) is 89.1 Å². The molecule has 0 saturated heterocycles. The first-order chi connectivity index (χ1) is 16.0. The molecule has 0 radical (unpaired) electrons. The van der Waals surface area contributed by atoms with Crippen LogP contribution in [0.3, 0.4) is 0 Å². The third-order valence-corrected chi connectivity index (χ3v) is 14.8. The molecule has 6 bridgehead atoms. The topological polar surface area (TPSA) is 0 Å². The zero-order valence-corrected chi connectivity index (χ0v) is 21.6. The van der Waals surface area contributed by atoms with E-state index in [4.69, 9.17) is 0 Å². The molecule has 33 heavy (non-hydrogen) atoms. The van der Waals surface area contributed by atoms with E-state index >= 15 is 0 Å². The van der Waals surface area contributed by atoms with Crippen molar-refractivity contribution in [3.05, 3.63) is 58.7 Å². The molecule has 2 aromatic rings. The second-order valence-electron chi connectivity index (χ2n) is 13.5. The van der Waals surface area contributed by atoms with Crippen LogP contribution in [0.25, 0.3) is 16.3 Å². The molecule has 0 nitrogen and oxygen atoms in total. The van der Waals surface area contributed by atoms with Crippen LogP contribution in [0.5, 0.6) is 0 Å². The molecule has 1 heteroatoms. The van der Waals surface area contributed by atoms with Gasteiger partial charge in [-0.05, 0) is 125 Å². The van der Waals surface area contributed by atoms with Crippen LogP contribution in [0.2, 0.25) is 13.1 Å². The van der Waals surface area contributed by atoms with E-state index in [1.165, 1.54) is 76.2 Å². The summed E-state index contributed by atoms with van der Waals surface area (Å²) in [5.41, 5.74) is 10.6. The molecule has 170 valence electrons. The van der Waals surface area contributed by atoms with Crippen molar-refractivity contribution in [1.82, 2.24) is 0 Å². The van der Waals surface area contributed by atoms with Gasteiger partial charge in [-0.1, -0.05) is 67.9 Å². The van der Waals surface area contributed by atoms with E-state index in [9.17, 15) is 0 Å². The number of fused-ring (bicyclic) bond motifs is 1. The Balaban J connectivity index is 1.21. The molecular weight excluding hydrogens is 412 g/mol. The van der Waals surface area contributed by atoms with Gasteiger partial charge in [0.1, 0.15) is 8.07 Å². The van der Waals surface area contributed by atoms with Crippen LogP contribution in [-0.4, -0.2) is 8.07 Å². The number of rotatable bonds is 3. The fourth-order valence-electron chi connectivity index (χ4n) is 10.3. The maximum atomic E-state index is 2.64. The normalized spacial score (nSPS) is 35.3. The molecular formula is C32H38Si. The van der Waals surface area contributed by atoms with Crippen molar-refractivity contribution in [1.29, 1.82) is 0 Å². The zero-order chi connectivity index (χ0) is 21.9. The number of hydrogen-bond donors (Lipinski definition) is 0. The Hall–Kier alpha value is -1.60. The summed E-state index contributed by atoms with van der Waals surface area (Å²) in [5.74, 6) is 3.95. The molecule has 1 aliphatic heterocycles. The molecule has 0 N–H and O–H groups in total. The Kier molecular flexibility index (Phi) is 3.90. The van der Waals surface area contributed by atoms with E-state index in [-0.39, 0.29) is 0 Å². The van der Waals surface area contributed by atoms with Crippen LogP contribution in [0.4, 0.5) is 0 Å². The van der Waals surface area contributed by atoms with E-state index in [1.807, 2.05) is 10.8 Å². The molecule has 2 aromatic carbocycles. The minimum atomic E-state index is -1.59. The second kappa shape index (κ2) is 6.54. The Morgan fingerprint density at radius 2 is 1.39 bits per heavy atom. The highest BCUT2D eigenvalue weighted by atomic mass is 28.3. The van der Waals surface area contributed by atoms with Crippen LogP contribution in [0, 0.1) is 23.7 Å². The van der Waals surface area contributed by atoms with Gasteiger partial charge in [0, 0.05) is 0 Å². The lowest BCUT2D eigenvalue weighted by Gasteiger charge is -2.57. The van der Waals surface area contributed by atoms with E-state index in [2.05, 4.69) is 49.5 Å². The lowest BCUT2D eigenvalue weighted by Crippen LogP contribution is -2.48. The van der Waals surface area contributed by atoms with E-state index in [0.717, 1.165) is 23.7 Å². The summed E-state index contributed by atoms with van der Waals surface area (Å²) in [6.45, 7) is 5.28. The van der Waals surface area contributed by atoms with Crippen molar-refractivity contribution in [3.63, 3.8) is 0 Å². The average molecular weight is 451 g/mol. The van der Waals surface area contributed by atoms with Gasteiger partial charge < -0.3 is 0 Å². The summed E-state index contributed by atoms with van der Waals surface area (Å²) in [6.07, 6.45) is 16.1. The van der Waals surface area contributed by atoms with E-state index in [1.54, 1.807) is 27.4 Å². The van der Waals surface area contributed by atoms with E-state index < -0.39 is 8.07 Å². The lowest BCUT2D eigenvalue weighted by molar-refractivity contribution is -0.00518. The van der Waals surface area contributed by atoms with Crippen LogP contribution in [0.15, 0.2) is 42.0 Å². The van der Waals surface area contributed by atoms with Gasteiger partial charge in [0.25, 0.3) is 0 Å². The Labute approximate surface area is 200 Å². The summed E-state index contributed by atoms with van der Waals surface area (Å²) < 4.78 is 0. The van der Waals surface area contributed by atoms with Crippen LogP contribution in [-0.2, 0) is 11.8 Å². The third kappa shape index (κ3) is 2.58. The van der Waals surface area contributed by atoms with Crippen molar-refractivity contribution < 1.29 is 0 Å². The van der Waals surface area contributed by atoms with Crippen LogP contribution in [0.1, 0.15) is 80.9 Å². The molecule has 0 unspecified atom stereocenters. The summed E-state index contributed by atoms with van der Waals surface area (Å²) in [6, 6.07) is 15.2. The molecule has 6 aliphatic carbocycles. The molecule has 9 rings (SSSR count). The summed E-state index contributed by atoms with van der Waals surface area (Å²) >= 11 is 0. The Bertz CT molecular complexity index is 1150. The Morgan fingerprint density at radius 1 is 0.758 bits per heavy atom. The third-order valence-electron chi connectivity index (χ3n) is 11.2.